The van der Waals surface area contributed by atoms with Gasteiger partial charge >= 0.3 is 0 Å². The topological polar surface area (TPSA) is 20.2 Å². The SMILES string of the molecule is OCc1ccccc1CCCCCl. The molecule has 0 bridgehead atoms. The predicted molar refractivity (Wildman–Crippen MR) is 56.0 cm³/mol. The van der Waals surface area contributed by atoms with E-state index in [2.05, 4.69) is 6.07 Å². The Morgan fingerprint density at radius 2 is 1.77 bits per heavy atom. The molecule has 0 saturated carbocycles. The van der Waals surface area contributed by atoms with Gasteiger partial charge in [-0.2, -0.15) is 0 Å². The zero-order chi connectivity index (χ0) is 9.52. The first kappa shape index (κ1) is 10.6. The summed E-state index contributed by atoms with van der Waals surface area (Å²) in [4.78, 5) is 0. The molecule has 0 radical (unpaired) electrons. The Labute approximate surface area is 84.4 Å². The molecular weight excluding hydrogens is 184 g/mol. The van der Waals surface area contributed by atoms with E-state index in [-0.39, 0.29) is 6.61 Å². The molecule has 72 valence electrons. The van der Waals surface area contributed by atoms with Gasteiger partial charge < -0.3 is 5.11 Å². The van der Waals surface area contributed by atoms with E-state index in [0.29, 0.717) is 0 Å². The van der Waals surface area contributed by atoms with Crippen molar-refractivity contribution < 1.29 is 5.11 Å². The highest BCUT2D eigenvalue weighted by atomic mass is 35.5. The van der Waals surface area contributed by atoms with E-state index < -0.39 is 0 Å². The largest absolute Gasteiger partial charge is 0.392 e. The van der Waals surface area contributed by atoms with Gasteiger partial charge in [-0.05, 0) is 30.4 Å². The molecule has 1 nitrogen and oxygen atoms in total. The second kappa shape index (κ2) is 6.01. The molecule has 1 rings (SSSR count). The maximum absolute atomic E-state index is 9.05. The highest BCUT2D eigenvalue weighted by molar-refractivity contribution is 6.17. The van der Waals surface area contributed by atoms with Crippen molar-refractivity contribution >= 4 is 11.6 Å². The Morgan fingerprint density at radius 1 is 1.08 bits per heavy atom. The molecule has 0 aliphatic carbocycles. The van der Waals surface area contributed by atoms with Crippen LogP contribution >= 0.6 is 11.6 Å². The number of rotatable bonds is 5. The maximum Gasteiger partial charge on any atom is 0.0684 e. The fraction of sp³-hybridized carbons (Fsp3) is 0.455. The molecule has 0 aliphatic heterocycles. The smallest absolute Gasteiger partial charge is 0.0684 e. The average molecular weight is 199 g/mol. The van der Waals surface area contributed by atoms with E-state index in [1.54, 1.807) is 0 Å². The van der Waals surface area contributed by atoms with Crippen LogP contribution in [-0.4, -0.2) is 11.0 Å². The van der Waals surface area contributed by atoms with Gasteiger partial charge in [0, 0.05) is 5.88 Å². The van der Waals surface area contributed by atoms with Crippen LogP contribution in [0.5, 0.6) is 0 Å². The maximum atomic E-state index is 9.05. The molecule has 0 heterocycles. The molecule has 0 saturated heterocycles. The van der Waals surface area contributed by atoms with Gasteiger partial charge in [0.1, 0.15) is 0 Å². The number of unbranched alkanes of at least 4 members (excludes halogenated alkanes) is 1. The zero-order valence-electron chi connectivity index (χ0n) is 7.67. The van der Waals surface area contributed by atoms with E-state index in [1.807, 2.05) is 18.2 Å². The second-order valence-corrected chi connectivity index (χ2v) is 3.45. The second-order valence-electron chi connectivity index (χ2n) is 3.07. The minimum absolute atomic E-state index is 0.136. The third kappa shape index (κ3) is 3.37. The Bertz CT molecular complexity index is 248. The quantitative estimate of drug-likeness (QED) is 0.570. The van der Waals surface area contributed by atoms with Crippen molar-refractivity contribution in [3.63, 3.8) is 0 Å². The summed E-state index contributed by atoms with van der Waals surface area (Å²) in [7, 11) is 0. The Kier molecular flexibility index (Phi) is 4.87. The van der Waals surface area contributed by atoms with Crippen LogP contribution in [0, 0.1) is 0 Å². The Morgan fingerprint density at radius 3 is 2.38 bits per heavy atom. The monoisotopic (exact) mass is 198 g/mol. The minimum Gasteiger partial charge on any atom is -0.392 e. The molecule has 0 aliphatic rings. The van der Waals surface area contributed by atoms with E-state index in [0.717, 1.165) is 30.7 Å². The number of aryl methyl sites for hydroxylation is 1. The van der Waals surface area contributed by atoms with Crippen LogP contribution in [0.2, 0.25) is 0 Å². The number of hydrogen-bond donors (Lipinski definition) is 1. The normalized spacial score (nSPS) is 10.3. The molecule has 0 spiro atoms. The van der Waals surface area contributed by atoms with Crippen molar-refractivity contribution in [1.82, 2.24) is 0 Å². The molecule has 1 aromatic carbocycles. The molecular formula is C11H15ClO. The van der Waals surface area contributed by atoms with Crippen LogP contribution in [0.15, 0.2) is 24.3 Å². The van der Waals surface area contributed by atoms with Gasteiger partial charge in [0.25, 0.3) is 0 Å². The van der Waals surface area contributed by atoms with Gasteiger partial charge in [0.2, 0.25) is 0 Å². The van der Waals surface area contributed by atoms with Crippen LogP contribution in [0.1, 0.15) is 24.0 Å². The molecule has 13 heavy (non-hydrogen) atoms. The lowest BCUT2D eigenvalue weighted by atomic mass is 10.0. The molecule has 0 fully saturated rings. The Hall–Kier alpha value is -0.530. The van der Waals surface area contributed by atoms with E-state index >= 15 is 0 Å². The summed E-state index contributed by atoms with van der Waals surface area (Å²) in [6.07, 6.45) is 3.16. The number of benzene rings is 1. The number of alkyl halides is 1. The van der Waals surface area contributed by atoms with Crippen LogP contribution in [0.25, 0.3) is 0 Å². The summed E-state index contributed by atoms with van der Waals surface area (Å²) in [6.45, 7) is 0.136. The summed E-state index contributed by atoms with van der Waals surface area (Å²) >= 11 is 5.59. The molecule has 0 amide bonds. The van der Waals surface area contributed by atoms with E-state index in [4.69, 9.17) is 16.7 Å². The number of halogens is 1. The van der Waals surface area contributed by atoms with Crippen molar-refractivity contribution in [2.75, 3.05) is 5.88 Å². The summed E-state index contributed by atoms with van der Waals surface area (Å²) in [6, 6.07) is 8.00. The summed E-state index contributed by atoms with van der Waals surface area (Å²) in [5.74, 6) is 0.724. The summed E-state index contributed by atoms with van der Waals surface area (Å²) in [5, 5.41) is 9.05. The minimum atomic E-state index is 0.136. The van der Waals surface area contributed by atoms with E-state index in [9.17, 15) is 0 Å². The molecule has 0 aromatic heterocycles. The van der Waals surface area contributed by atoms with Crippen molar-refractivity contribution in [1.29, 1.82) is 0 Å². The third-order valence-electron chi connectivity index (χ3n) is 2.12. The van der Waals surface area contributed by atoms with Crippen molar-refractivity contribution in [3.8, 4) is 0 Å². The van der Waals surface area contributed by atoms with Crippen LogP contribution in [0.3, 0.4) is 0 Å². The highest BCUT2D eigenvalue weighted by Crippen LogP contribution is 2.12. The fourth-order valence-electron chi connectivity index (χ4n) is 1.37. The first-order valence-corrected chi connectivity index (χ1v) is 5.15. The van der Waals surface area contributed by atoms with Gasteiger partial charge in [-0.25, -0.2) is 0 Å². The molecule has 2 heteroatoms. The summed E-state index contributed by atoms with van der Waals surface area (Å²) in [5.41, 5.74) is 2.28. The van der Waals surface area contributed by atoms with Crippen LogP contribution < -0.4 is 0 Å². The lowest BCUT2D eigenvalue weighted by Gasteiger charge is -2.05. The standard InChI is InChI=1S/C11H15ClO/c12-8-4-3-6-10-5-1-2-7-11(10)9-13/h1-2,5,7,13H,3-4,6,8-9H2. The van der Waals surface area contributed by atoms with Gasteiger partial charge in [-0.15, -0.1) is 11.6 Å². The molecule has 0 atom stereocenters. The first-order chi connectivity index (χ1) is 6.38. The average Bonchev–Trinajstić information content (AvgIpc) is 2.19. The Balaban J connectivity index is 2.54. The first-order valence-electron chi connectivity index (χ1n) is 4.62. The number of hydrogen-bond acceptors (Lipinski definition) is 1. The number of aliphatic hydroxyl groups is 1. The fourth-order valence-corrected chi connectivity index (χ4v) is 1.55. The van der Waals surface area contributed by atoms with Crippen molar-refractivity contribution in [2.24, 2.45) is 0 Å². The zero-order valence-corrected chi connectivity index (χ0v) is 8.43. The third-order valence-corrected chi connectivity index (χ3v) is 2.39. The summed E-state index contributed by atoms with van der Waals surface area (Å²) < 4.78 is 0. The van der Waals surface area contributed by atoms with Crippen molar-refractivity contribution in [2.45, 2.75) is 25.9 Å². The van der Waals surface area contributed by atoms with E-state index in [1.165, 1.54) is 5.56 Å². The van der Waals surface area contributed by atoms with Gasteiger partial charge in [0.15, 0.2) is 0 Å². The number of aliphatic hydroxyl groups excluding tert-OH is 1. The lowest BCUT2D eigenvalue weighted by molar-refractivity contribution is 0.280. The lowest BCUT2D eigenvalue weighted by Crippen LogP contribution is -1.94. The molecule has 1 N–H and O–H groups in total. The van der Waals surface area contributed by atoms with Gasteiger partial charge in [-0.3, -0.25) is 0 Å². The highest BCUT2D eigenvalue weighted by Gasteiger charge is 1.99. The van der Waals surface area contributed by atoms with Crippen LogP contribution in [0.4, 0.5) is 0 Å². The van der Waals surface area contributed by atoms with Gasteiger partial charge in [-0.1, -0.05) is 24.3 Å². The van der Waals surface area contributed by atoms with Crippen LogP contribution in [-0.2, 0) is 13.0 Å². The van der Waals surface area contributed by atoms with Gasteiger partial charge in [0.05, 0.1) is 6.61 Å². The predicted octanol–water partition coefficient (Wildman–Crippen LogP) is 2.74. The molecule has 0 unspecified atom stereocenters. The molecule has 1 aromatic rings. The van der Waals surface area contributed by atoms with Crippen molar-refractivity contribution in [3.05, 3.63) is 35.4 Å².